The second kappa shape index (κ2) is 12.7. The molecule has 0 aromatic heterocycles. The number of hydrogen-bond donors (Lipinski definition) is 0. The number of rotatable bonds is 12. The Bertz CT molecular complexity index is 1030. The Hall–Kier alpha value is -3.13. The van der Waals surface area contributed by atoms with Gasteiger partial charge in [0.2, 0.25) is 0 Å². The van der Waals surface area contributed by atoms with Crippen molar-refractivity contribution in [2.45, 2.75) is 60.4 Å². The Morgan fingerprint density at radius 2 is 1.11 bits per heavy atom. The number of carbonyl (C=O) groups excluding carboxylic acids is 1. The van der Waals surface area contributed by atoms with E-state index in [1.54, 1.807) is 78.9 Å². The highest BCUT2D eigenvalue weighted by molar-refractivity contribution is 8.30. The number of benzene rings is 3. The SMILES string of the molecule is CCCCOc1ccc(S(OC(=O)C(F)(F)F)(c2ccccc2)c2ccc(OCCCC)cc2)cc1. The summed E-state index contributed by atoms with van der Waals surface area (Å²) >= 11 is 0. The van der Waals surface area contributed by atoms with Crippen LogP contribution in [-0.4, -0.2) is 25.4 Å². The van der Waals surface area contributed by atoms with E-state index in [2.05, 4.69) is 13.8 Å². The molecular formula is C28H31F3O4S. The van der Waals surface area contributed by atoms with Crippen molar-refractivity contribution in [3.05, 3.63) is 78.9 Å². The van der Waals surface area contributed by atoms with Crippen LogP contribution in [0.4, 0.5) is 13.2 Å². The van der Waals surface area contributed by atoms with Gasteiger partial charge in [0.05, 0.1) is 13.2 Å². The quantitative estimate of drug-likeness (QED) is 0.225. The number of ether oxygens (including phenoxy) is 2. The van der Waals surface area contributed by atoms with Gasteiger partial charge in [-0.2, -0.15) is 13.2 Å². The molecule has 0 aliphatic carbocycles. The van der Waals surface area contributed by atoms with Gasteiger partial charge in [-0.25, -0.2) is 4.79 Å². The van der Waals surface area contributed by atoms with Crippen LogP contribution in [0, 0.1) is 0 Å². The molecule has 3 aromatic rings. The molecule has 0 amide bonds. The van der Waals surface area contributed by atoms with Gasteiger partial charge in [-0.05, 0) is 83.8 Å². The fourth-order valence-electron chi connectivity index (χ4n) is 3.45. The highest BCUT2D eigenvalue weighted by Crippen LogP contribution is 2.69. The molecule has 4 nitrogen and oxygen atoms in total. The monoisotopic (exact) mass is 520 g/mol. The summed E-state index contributed by atoms with van der Waals surface area (Å²) in [5, 5.41) is 0. The Morgan fingerprint density at radius 3 is 1.50 bits per heavy atom. The van der Waals surface area contributed by atoms with Crippen LogP contribution in [0.25, 0.3) is 0 Å². The molecule has 0 unspecified atom stereocenters. The molecule has 0 heterocycles. The maximum absolute atomic E-state index is 13.5. The van der Waals surface area contributed by atoms with E-state index >= 15 is 0 Å². The third-order valence-corrected chi connectivity index (χ3v) is 8.56. The summed E-state index contributed by atoms with van der Waals surface area (Å²) in [5.41, 5.74) is 0. The van der Waals surface area contributed by atoms with Crippen molar-refractivity contribution in [1.29, 1.82) is 0 Å². The first-order valence-corrected chi connectivity index (χ1v) is 13.5. The van der Waals surface area contributed by atoms with Crippen molar-refractivity contribution in [2.24, 2.45) is 0 Å². The number of alkyl halides is 3. The van der Waals surface area contributed by atoms with Crippen molar-refractivity contribution in [1.82, 2.24) is 0 Å². The maximum Gasteiger partial charge on any atom is 0.491 e. The summed E-state index contributed by atoms with van der Waals surface area (Å²) in [4.78, 5) is 13.6. The largest absolute Gasteiger partial charge is 0.494 e. The average Bonchev–Trinajstić information content (AvgIpc) is 2.88. The Balaban J connectivity index is 2.12. The van der Waals surface area contributed by atoms with E-state index in [-0.39, 0.29) is 0 Å². The van der Waals surface area contributed by atoms with Gasteiger partial charge < -0.3 is 13.7 Å². The summed E-state index contributed by atoms with van der Waals surface area (Å²) in [7, 11) is -3.08. The molecule has 3 aromatic carbocycles. The number of hydrogen-bond acceptors (Lipinski definition) is 4. The molecule has 0 saturated carbocycles. The summed E-state index contributed by atoms with van der Waals surface area (Å²) < 4.78 is 57.4. The lowest BCUT2D eigenvalue weighted by Gasteiger charge is -2.39. The first kappa shape index (κ1) is 27.5. The van der Waals surface area contributed by atoms with Gasteiger partial charge in [0.1, 0.15) is 11.5 Å². The van der Waals surface area contributed by atoms with Crippen LogP contribution < -0.4 is 9.47 Å². The third kappa shape index (κ3) is 6.75. The van der Waals surface area contributed by atoms with Gasteiger partial charge >= 0.3 is 12.1 Å². The van der Waals surface area contributed by atoms with Crippen molar-refractivity contribution in [2.75, 3.05) is 13.2 Å². The summed E-state index contributed by atoms with van der Waals surface area (Å²) in [6.07, 6.45) is -1.43. The first-order chi connectivity index (χ1) is 17.3. The maximum atomic E-state index is 13.5. The minimum Gasteiger partial charge on any atom is -0.494 e. The lowest BCUT2D eigenvalue weighted by Crippen LogP contribution is -2.27. The minimum absolute atomic E-state index is 0.439. The second-order valence-corrected chi connectivity index (χ2v) is 10.8. The van der Waals surface area contributed by atoms with E-state index in [1.165, 1.54) is 0 Å². The third-order valence-electron chi connectivity index (χ3n) is 5.35. The van der Waals surface area contributed by atoms with Crippen molar-refractivity contribution >= 4 is 16.3 Å². The topological polar surface area (TPSA) is 44.8 Å². The molecule has 0 saturated heterocycles. The zero-order valence-electron chi connectivity index (χ0n) is 20.4. The fourth-order valence-corrected chi connectivity index (χ4v) is 6.46. The number of halogens is 3. The van der Waals surface area contributed by atoms with Gasteiger partial charge in [-0.15, -0.1) is 0 Å². The van der Waals surface area contributed by atoms with Crippen LogP contribution in [0.1, 0.15) is 39.5 Å². The molecule has 36 heavy (non-hydrogen) atoms. The Kier molecular flexibility index (Phi) is 9.70. The highest BCUT2D eigenvalue weighted by Gasteiger charge is 2.47. The normalized spacial score (nSPS) is 12.1. The smallest absolute Gasteiger partial charge is 0.491 e. The molecule has 3 rings (SSSR count). The zero-order valence-corrected chi connectivity index (χ0v) is 21.2. The van der Waals surface area contributed by atoms with Gasteiger partial charge in [-0.3, -0.25) is 0 Å². The molecule has 0 fully saturated rings. The summed E-state index contributed by atoms with van der Waals surface area (Å²) in [6.45, 7) is 5.18. The Labute approximate surface area is 211 Å². The molecular weight excluding hydrogens is 489 g/mol. The van der Waals surface area contributed by atoms with Crippen molar-refractivity contribution in [3.63, 3.8) is 0 Å². The summed E-state index contributed by atoms with van der Waals surface area (Å²) in [5.74, 6) is -1.06. The van der Waals surface area contributed by atoms with E-state index in [0.29, 0.717) is 39.4 Å². The van der Waals surface area contributed by atoms with Crippen molar-refractivity contribution in [3.8, 4) is 11.5 Å². The molecule has 8 heteroatoms. The van der Waals surface area contributed by atoms with Crippen LogP contribution >= 0.6 is 10.3 Å². The molecule has 0 bridgehead atoms. The molecule has 0 aliphatic rings. The molecule has 0 spiro atoms. The van der Waals surface area contributed by atoms with E-state index in [4.69, 9.17) is 13.7 Å². The van der Waals surface area contributed by atoms with Crippen molar-refractivity contribution < 1.29 is 31.6 Å². The van der Waals surface area contributed by atoms with Crippen LogP contribution in [0.2, 0.25) is 0 Å². The predicted octanol–water partition coefficient (Wildman–Crippen LogP) is 8.35. The highest BCUT2D eigenvalue weighted by atomic mass is 32.3. The molecule has 0 N–H and O–H groups in total. The van der Waals surface area contributed by atoms with Gasteiger partial charge in [0.25, 0.3) is 0 Å². The minimum atomic E-state index is -5.15. The molecule has 0 radical (unpaired) electrons. The number of unbranched alkanes of at least 4 members (excludes halogenated alkanes) is 2. The first-order valence-electron chi connectivity index (χ1n) is 12.0. The Morgan fingerprint density at radius 1 is 0.694 bits per heavy atom. The number of carbonyl (C=O) groups is 1. The van der Waals surface area contributed by atoms with Crippen LogP contribution in [0.15, 0.2) is 93.5 Å². The second-order valence-electron chi connectivity index (χ2n) is 8.08. The van der Waals surface area contributed by atoms with E-state index in [9.17, 15) is 18.0 Å². The molecule has 0 atom stereocenters. The van der Waals surface area contributed by atoms with Crippen LogP contribution in [0.5, 0.6) is 11.5 Å². The lowest BCUT2D eigenvalue weighted by molar-refractivity contribution is -0.188. The van der Waals surface area contributed by atoms with E-state index in [1.807, 2.05) is 0 Å². The van der Waals surface area contributed by atoms with E-state index in [0.717, 1.165) is 25.7 Å². The molecule has 194 valence electrons. The fraction of sp³-hybridized carbons (Fsp3) is 0.321. The lowest BCUT2D eigenvalue weighted by atomic mass is 10.3. The average molecular weight is 521 g/mol. The standard InChI is InChI=1S/C28H31F3O4S/c1-3-5-20-33-22-12-16-25(17-13-22)36(24-10-8-7-9-11-24,35-27(32)28(29,30)31)26-18-14-23(15-19-26)34-21-6-4-2/h7-19H,3-6,20-21H2,1-2H3. The van der Waals surface area contributed by atoms with E-state index < -0.39 is 22.5 Å². The predicted molar refractivity (Wildman–Crippen MR) is 135 cm³/mol. The van der Waals surface area contributed by atoms with Crippen LogP contribution in [-0.2, 0) is 8.98 Å². The van der Waals surface area contributed by atoms with Gasteiger partial charge in [0.15, 0.2) is 0 Å². The van der Waals surface area contributed by atoms with Crippen LogP contribution in [0.3, 0.4) is 0 Å². The van der Waals surface area contributed by atoms with Gasteiger partial charge in [-0.1, -0.05) is 44.9 Å². The zero-order chi connectivity index (χ0) is 26.0. The van der Waals surface area contributed by atoms with Gasteiger partial charge in [0, 0.05) is 14.7 Å². The summed E-state index contributed by atoms with van der Waals surface area (Å²) in [6, 6.07) is 22.0. The molecule has 0 aliphatic heterocycles.